The summed E-state index contributed by atoms with van der Waals surface area (Å²) in [6.45, 7) is 3.82. The maximum atomic E-state index is 12.4. The second-order valence-electron chi connectivity index (χ2n) is 5.68. The van der Waals surface area contributed by atoms with Crippen LogP contribution in [0.5, 0.6) is 0 Å². The lowest BCUT2D eigenvalue weighted by atomic mass is 10.1. The first-order valence-electron chi connectivity index (χ1n) is 7.60. The lowest BCUT2D eigenvalue weighted by Gasteiger charge is -2.08. The molecule has 8 nitrogen and oxygen atoms in total. The molecule has 0 aliphatic carbocycles. The van der Waals surface area contributed by atoms with Gasteiger partial charge in [0.25, 0.3) is 5.91 Å². The van der Waals surface area contributed by atoms with Crippen LogP contribution in [0.2, 0.25) is 0 Å². The Hall–Kier alpha value is -3.42. The smallest absolute Gasteiger partial charge is 0.356 e. The number of carboxylic acid groups (broad SMARTS) is 1. The van der Waals surface area contributed by atoms with Gasteiger partial charge in [0.15, 0.2) is 17.8 Å². The van der Waals surface area contributed by atoms with Crippen molar-refractivity contribution in [2.24, 2.45) is 0 Å². The summed E-state index contributed by atoms with van der Waals surface area (Å²) in [4.78, 5) is 27.3. The van der Waals surface area contributed by atoms with Crippen LogP contribution in [0.1, 0.15) is 46.5 Å². The predicted octanol–water partition coefficient (Wildman–Crippen LogP) is 2.93. The fourth-order valence-corrected chi connectivity index (χ4v) is 2.33. The summed E-state index contributed by atoms with van der Waals surface area (Å²) in [5, 5.41) is 15.7. The van der Waals surface area contributed by atoms with Gasteiger partial charge >= 0.3 is 5.97 Å². The summed E-state index contributed by atoms with van der Waals surface area (Å²) in [6.07, 6.45) is 2.79. The Kier molecular flexibility index (Phi) is 4.34. The first-order valence-corrected chi connectivity index (χ1v) is 7.60. The Morgan fingerprint density at radius 2 is 2.08 bits per heavy atom. The number of carbonyl (C=O) groups excluding carboxylic acids is 1. The topological polar surface area (TPSA) is 110 Å². The predicted molar refractivity (Wildman–Crippen MR) is 89.1 cm³/mol. The third kappa shape index (κ3) is 3.42. The number of carboxylic acids is 1. The minimum absolute atomic E-state index is 0.0353. The van der Waals surface area contributed by atoms with Gasteiger partial charge in [0.05, 0.1) is 5.69 Å². The SMILES string of the molecule is CC(C)c1ocnc1C(=O)Nc1cccc(-n2ccc(C(=O)O)n2)c1. The molecule has 0 aliphatic rings. The first kappa shape index (κ1) is 16.4. The van der Waals surface area contributed by atoms with E-state index in [-0.39, 0.29) is 23.2 Å². The van der Waals surface area contributed by atoms with E-state index < -0.39 is 5.97 Å². The zero-order valence-electron chi connectivity index (χ0n) is 13.6. The fraction of sp³-hybridized carbons (Fsp3) is 0.176. The molecule has 2 heterocycles. The average Bonchev–Trinajstić information content (AvgIpc) is 3.24. The number of benzene rings is 1. The van der Waals surface area contributed by atoms with Crippen LogP contribution in [0.3, 0.4) is 0 Å². The Bertz CT molecular complexity index is 926. The van der Waals surface area contributed by atoms with Crippen LogP contribution in [0.4, 0.5) is 5.69 Å². The van der Waals surface area contributed by atoms with Crippen LogP contribution >= 0.6 is 0 Å². The Labute approximate surface area is 143 Å². The molecule has 3 aromatic rings. The Morgan fingerprint density at radius 1 is 1.28 bits per heavy atom. The first-order chi connectivity index (χ1) is 12.0. The molecular formula is C17H16N4O4. The van der Waals surface area contributed by atoms with E-state index in [0.717, 1.165) is 0 Å². The highest BCUT2D eigenvalue weighted by molar-refractivity contribution is 6.03. The fourth-order valence-electron chi connectivity index (χ4n) is 2.33. The lowest BCUT2D eigenvalue weighted by molar-refractivity contribution is 0.0689. The van der Waals surface area contributed by atoms with Gasteiger partial charge in [-0.1, -0.05) is 19.9 Å². The molecule has 0 aliphatic heterocycles. The van der Waals surface area contributed by atoms with E-state index >= 15 is 0 Å². The van der Waals surface area contributed by atoms with Crippen LogP contribution < -0.4 is 5.32 Å². The van der Waals surface area contributed by atoms with Gasteiger partial charge in [-0.15, -0.1) is 0 Å². The zero-order valence-corrected chi connectivity index (χ0v) is 13.6. The van der Waals surface area contributed by atoms with Crippen LogP contribution in [0.25, 0.3) is 5.69 Å². The molecule has 0 saturated heterocycles. The van der Waals surface area contributed by atoms with Gasteiger partial charge in [-0.25, -0.2) is 14.5 Å². The number of nitrogens with zero attached hydrogens (tertiary/aromatic N) is 3. The summed E-state index contributed by atoms with van der Waals surface area (Å²) < 4.78 is 6.69. The third-order valence-electron chi connectivity index (χ3n) is 3.51. The molecule has 1 amide bonds. The highest BCUT2D eigenvalue weighted by Crippen LogP contribution is 2.20. The van der Waals surface area contributed by atoms with Crippen molar-refractivity contribution in [3.05, 3.63) is 60.1 Å². The van der Waals surface area contributed by atoms with Crippen LogP contribution in [0.15, 0.2) is 47.3 Å². The van der Waals surface area contributed by atoms with Gasteiger partial charge < -0.3 is 14.8 Å². The van der Waals surface area contributed by atoms with Crippen molar-refractivity contribution in [2.45, 2.75) is 19.8 Å². The normalized spacial score (nSPS) is 10.8. The van der Waals surface area contributed by atoms with Gasteiger partial charge in [-0.3, -0.25) is 4.79 Å². The van der Waals surface area contributed by atoms with Gasteiger partial charge in [0.2, 0.25) is 0 Å². The molecule has 1 aromatic carbocycles. The summed E-state index contributed by atoms with van der Waals surface area (Å²) >= 11 is 0. The molecule has 0 atom stereocenters. The minimum atomic E-state index is -1.10. The largest absolute Gasteiger partial charge is 0.476 e. The van der Waals surface area contributed by atoms with Crippen molar-refractivity contribution in [1.82, 2.24) is 14.8 Å². The van der Waals surface area contributed by atoms with Crippen molar-refractivity contribution in [3.63, 3.8) is 0 Å². The number of oxazole rings is 1. The maximum absolute atomic E-state index is 12.4. The number of hydrogen-bond donors (Lipinski definition) is 2. The highest BCUT2D eigenvalue weighted by Gasteiger charge is 2.19. The summed E-state index contributed by atoms with van der Waals surface area (Å²) in [6, 6.07) is 8.30. The van der Waals surface area contributed by atoms with E-state index in [0.29, 0.717) is 17.1 Å². The van der Waals surface area contributed by atoms with E-state index in [2.05, 4.69) is 15.4 Å². The van der Waals surface area contributed by atoms with Crippen molar-refractivity contribution in [1.29, 1.82) is 0 Å². The molecule has 0 bridgehead atoms. The standard InChI is InChI=1S/C17H16N4O4/c1-10(2)15-14(18-9-25-15)16(22)19-11-4-3-5-12(8-11)21-7-6-13(20-21)17(23)24/h3-10H,1-2H3,(H,19,22)(H,23,24). The molecule has 25 heavy (non-hydrogen) atoms. The molecule has 2 aromatic heterocycles. The Balaban J connectivity index is 1.83. The second kappa shape index (κ2) is 6.60. The van der Waals surface area contributed by atoms with Crippen LogP contribution in [-0.2, 0) is 0 Å². The monoisotopic (exact) mass is 340 g/mol. The van der Waals surface area contributed by atoms with Crippen LogP contribution in [-0.4, -0.2) is 31.7 Å². The number of hydrogen-bond acceptors (Lipinski definition) is 5. The molecule has 0 saturated carbocycles. The van der Waals surface area contributed by atoms with Crippen molar-refractivity contribution in [3.8, 4) is 5.69 Å². The molecule has 128 valence electrons. The number of rotatable bonds is 5. The van der Waals surface area contributed by atoms with Crippen molar-refractivity contribution < 1.29 is 19.1 Å². The second-order valence-corrected chi connectivity index (χ2v) is 5.68. The maximum Gasteiger partial charge on any atom is 0.356 e. The third-order valence-corrected chi connectivity index (χ3v) is 3.51. The van der Waals surface area contributed by atoms with Crippen molar-refractivity contribution in [2.75, 3.05) is 5.32 Å². The van der Waals surface area contributed by atoms with Gasteiger partial charge in [-0.2, -0.15) is 5.10 Å². The van der Waals surface area contributed by atoms with Crippen LogP contribution in [0, 0.1) is 0 Å². The number of nitrogens with one attached hydrogen (secondary N) is 1. The summed E-state index contributed by atoms with van der Waals surface area (Å²) in [5.41, 5.74) is 1.34. The highest BCUT2D eigenvalue weighted by atomic mass is 16.4. The quantitative estimate of drug-likeness (QED) is 0.739. The van der Waals surface area contributed by atoms with Crippen molar-refractivity contribution >= 4 is 17.6 Å². The average molecular weight is 340 g/mol. The molecule has 0 radical (unpaired) electrons. The molecule has 2 N–H and O–H groups in total. The van der Waals surface area contributed by atoms with Gasteiger partial charge in [0, 0.05) is 17.8 Å². The van der Waals surface area contributed by atoms with E-state index in [1.165, 1.54) is 17.1 Å². The Morgan fingerprint density at radius 3 is 2.76 bits per heavy atom. The van der Waals surface area contributed by atoms with E-state index in [9.17, 15) is 9.59 Å². The molecular weight excluding hydrogens is 324 g/mol. The molecule has 8 heteroatoms. The van der Waals surface area contributed by atoms with E-state index in [1.807, 2.05) is 13.8 Å². The number of anilines is 1. The molecule has 0 unspecified atom stereocenters. The van der Waals surface area contributed by atoms with E-state index in [1.54, 1.807) is 30.5 Å². The summed E-state index contributed by atoms with van der Waals surface area (Å²) in [5.74, 6) is -0.920. The molecule has 0 spiro atoms. The number of aromatic nitrogens is 3. The van der Waals surface area contributed by atoms with E-state index in [4.69, 9.17) is 9.52 Å². The zero-order chi connectivity index (χ0) is 18.0. The number of aromatic carboxylic acids is 1. The minimum Gasteiger partial charge on any atom is -0.476 e. The molecule has 3 rings (SSSR count). The summed E-state index contributed by atoms with van der Waals surface area (Å²) in [7, 11) is 0. The van der Waals surface area contributed by atoms with Gasteiger partial charge in [0.1, 0.15) is 5.76 Å². The molecule has 0 fully saturated rings. The number of carbonyl (C=O) groups is 2. The number of amides is 1. The van der Waals surface area contributed by atoms with Gasteiger partial charge in [-0.05, 0) is 24.3 Å². The lowest BCUT2D eigenvalue weighted by Crippen LogP contribution is -2.15.